The molecule has 2 rings (SSSR count). The Morgan fingerprint density at radius 3 is 2.40 bits per heavy atom. The Balaban J connectivity index is 2.31. The lowest BCUT2D eigenvalue weighted by atomic mass is 10.2. The normalized spacial score (nSPS) is 20.3. The minimum absolute atomic E-state index is 0.365. The molecule has 1 atom stereocenters. The summed E-state index contributed by atoms with van der Waals surface area (Å²) in [6, 6.07) is 9.15. The first-order valence-corrected chi connectivity index (χ1v) is 5.31. The first kappa shape index (κ1) is 10.5. The Bertz CT molecular complexity index is 412. The molecule has 5 heteroatoms. The van der Waals surface area contributed by atoms with Crippen molar-refractivity contribution in [2.45, 2.75) is 10.9 Å². The molecule has 1 aliphatic rings. The van der Waals surface area contributed by atoms with E-state index >= 15 is 0 Å². The van der Waals surface area contributed by atoms with Crippen molar-refractivity contribution in [2.24, 2.45) is 15.7 Å². The van der Waals surface area contributed by atoms with E-state index < -0.39 is 10.9 Å². The van der Waals surface area contributed by atoms with Crippen LogP contribution in [0.3, 0.4) is 0 Å². The molecule has 1 aromatic rings. The second kappa shape index (κ2) is 4.21. The number of amidine groups is 2. The van der Waals surface area contributed by atoms with Crippen molar-refractivity contribution in [1.29, 1.82) is 0 Å². The molecule has 0 saturated carbocycles. The van der Waals surface area contributed by atoms with Crippen LogP contribution in [0.15, 0.2) is 40.3 Å². The number of nitrogens with zero attached hydrogens (tertiary/aromatic N) is 2. The van der Waals surface area contributed by atoms with E-state index in [0.717, 1.165) is 5.56 Å². The monoisotopic (exact) mass is 241 g/mol. The highest BCUT2D eigenvalue weighted by Gasteiger charge is 2.26. The average Bonchev–Trinajstić information content (AvgIpc) is 2.62. The number of aliphatic imine (C=N–C) groups is 2. The van der Waals surface area contributed by atoms with Crippen LogP contribution in [-0.2, 0) is 0 Å². The Morgan fingerprint density at radius 2 is 1.87 bits per heavy atom. The fraction of sp³-hybridized carbons (Fsp3) is 0.200. The Hall–Kier alpha value is -1.06. The lowest BCUT2D eigenvalue weighted by Crippen LogP contribution is -2.29. The van der Waals surface area contributed by atoms with E-state index in [1.807, 2.05) is 30.3 Å². The highest BCUT2D eigenvalue weighted by atomic mass is 35.5. The topological polar surface area (TPSA) is 50.7 Å². The van der Waals surface area contributed by atoms with Gasteiger partial charge in [-0.15, -0.1) is 23.2 Å². The minimum atomic E-state index is -0.657. The molecule has 3 nitrogen and oxygen atoms in total. The standard InChI is InChI=1S/C10H9Cl2N3/c11-8(12)7-9(13)15-10(14-7)6-4-2-1-3-5-6/h1-5,7-8H,(H2,13,14,15). The number of hydrogen-bond acceptors (Lipinski definition) is 3. The van der Waals surface area contributed by atoms with Crippen molar-refractivity contribution >= 4 is 34.9 Å². The van der Waals surface area contributed by atoms with Crippen LogP contribution in [0.2, 0.25) is 0 Å². The molecular formula is C10H9Cl2N3. The molecule has 1 aliphatic heterocycles. The van der Waals surface area contributed by atoms with Gasteiger partial charge in [-0.2, -0.15) is 0 Å². The Kier molecular flexibility index (Phi) is 2.93. The second-order valence-electron chi connectivity index (χ2n) is 3.13. The molecule has 0 amide bonds. The molecule has 1 aromatic carbocycles. The summed E-state index contributed by atoms with van der Waals surface area (Å²) in [5.41, 5.74) is 6.59. The summed E-state index contributed by atoms with van der Waals surface area (Å²) in [6.07, 6.45) is 0. The zero-order valence-corrected chi connectivity index (χ0v) is 9.28. The Labute approximate surface area is 97.6 Å². The predicted molar refractivity (Wildman–Crippen MR) is 63.9 cm³/mol. The number of nitrogens with two attached hydrogens (primary N) is 1. The third kappa shape index (κ3) is 2.13. The van der Waals surface area contributed by atoms with Gasteiger partial charge in [-0.1, -0.05) is 30.3 Å². The summed E-state index contributed by atoms with van der Waals surface area (Å²) in [7, 11) is 0. The molecule has 1 heterocycles. The van der Waals surface area contributed by atoms with Crippen LogP contribution < -0.4 is 5.73 Å². The van der Waals surface area contributed by atoms with Crippen molar-refractivity contribution in [2.75, 3.05) is 0 Å². The van der Waals surface area contributed by atoms with Gasteiger partial charge in [0.15, 0.2) is 5.84 Å². The van der Waals surface area contributed by atoms with E-state index in [2.05, 4.69) is 9.98 Å². The first-order valence-electron chi connectivity index (χ1n) is 4.44. The Morgan fingerprint density at radius 1 is 1.20 bits per heavy atom. The van der Waals surface area contributed by atoms with E-state index in [1.165, 1.54) is 0 Å². The highest BCUT2D eigenvalue weighted by Crippen LogP contribution is 2.18. The summed E-state index contributed by atoms with van der Waals surface area (Å²) in [5.74, 6) is 0.952. The highest BCUT2D eigenvalue weighted by molar-refractivity contribution is 6.46. The number of hydrogen-bond donors (Lipinski definition) is 1. The van der Waals surface area contributed by atoms with Gasteiger partial charge in [0.25, 0.3) is 0 Å². The van der Waals surface area contributed by atoms with E-state index in [0.29, 0.717) is 11.7 Å². The number of benzene rings is 1. The van der Waals surface area contributed by atoms with Crippen molar-refractivity contribution in [1.82, 2.24) is 0 Å². The van der Waals surface area contributed by atoms with Crippen molar-refractivity contribution in [3.05, 3.63) is 35.9 Å². The summed E-state index contributed by atoms with van der Waals surface area (Å²) < 4.78 is 0. The molecule has 78 valence electrons. The second-order valence-corrected chi connectivity index (χ2v) is 4.30. The lowest BCUT2D eigenvalue weighted by molar-refractivity contribution is 0.950. The zero-order valence-electron chi connectivity index (χ0n) is 7.77. The predicted octanol–water partition coefficient (Wildman–Crippen LogP) is 1.98. The van der Waals surface area contributed by atoms with Crippen LogP contribution >= 0.6 is 23.2 Å². The summed E-state index contributed by atoms with van der Waals surface area (Å²) >= 11 is 11.5. The molecular weight excluding hydrogens is 233 g/mol. The van der Waals surface area contributed by atoms with Gasteiger partial charge >= 0.3 is 0 Å². The maximum absolute atomic E-state index is 5.73. The zero-order chi connectivity index (χ0) is 10.8. The lowest BCUT2D eigenvalue weighted by Gasteiger charge is -2.05. The van der Waals surface area contributed by atoms with Crippen molar-refractivity contribution in [3.63, 3.8) is 0 Å². The van der Waals surface area contributed by atoms with E-state index in [9.17, 15) is 0 Å². The fourth-order valence-corrected chi connectivity index (χ4v) is 1.70. The van der Waals surface area contributed by atoms with E-state index in [4.69, 9.17) is 28.9 Å². The maximum atomic E-state index is 5.73. The van der Waals surface area contributed by atoms with E-state index in [1.54, 1.807) is 0 Å². The van der Waals surface area contributed by atoms with Gasteiger partial charge in [-0.05, 0) is 0 Å². The molecule has 1 unspecified atom stereocenters. The molecule has 15 heavy (non-hydrogen) atoms. The maximum Gasteiger partial charge on any atom is 0.157 e. The largest absolute Gasteiger partial charge is 0.385 e. The molecule has 2 N–H and O–H groups in total. The molecule has 0 radical (unpaired) electrons. The van der Waals surface area contributed by atoms with Gasteiger partial charge in [-0.3, -0.25) is 4.99 Å². The van der Waals surface area contributed by atoms with Crippen LogP contribution in [0.25, 0.3) is 0 Å². The van der Waals surface area contributed by atoms with Gasteiger partial charge in [0, 0.05) is 5.56 Å². The number of rotatable bonds is 2. The SMILES string of the molecule is NC1=NC(c2ccccc2)=NC1C(Cl)Cl. The van der Waals surface area contributed by atoms with Crippen LogP contribution in [0.5, 0.6) is 0 Å². The molecule has 0 fully saturated rings. The molecule has 0 saturated heterocycles. The average molecular weight is 242 g/mol. The summed E-state index contributed by atoms with van der Waals surface area (Å²) in [4.78, 5) is 7.74. The van der Waals surface area contributed by atoms with Gasteiger partial charge in [-0.25, -0.2) is 4.99 Å². The van der Waals surface area contributed by atoms with Gasteiger partial charge < -0.3 is 5.73 Å². The molecule has 0 aromatic heterocycles. The van der Waals surface area contributed by atoms with E-state index in [-0.39, 0.29) is 0 Å². The van der Waals surface area contributed by atoms with Gasteiger partial charge in [0.2, 0.25) is 0 Å². The van der Waals surface area contributed by atoms with Crippen LogP contribution in [-0.4, -0.2) is 22.5 Å². The minimum Gasteiger partial charge on any atom is -0.385 e. The summed E-state index contributed by atoms with van der Waals surface area (Å²) in [5, 5.41) is 0. The molecule has 0 aliphatic carbocycles. The fourth-order valence-electron chi connectivity index (χ4n) is 1.33. The third-order valence-electron chi connectivity index (χ3n) is 2.07. The van der Waals surface area contributed by atoms with Crippen molar-refractivity contribution in [3.8, 4) is 0 Å². The number of halogens is 2. The quantitative estimate of drug-likeness (QED) is 0.792. The molecule has 0 spiro atoms. The number of alkyl halides is 2. The third-order valence-corrected chi connectivity index (χ3v) is 2.55. The first-order chi connectivity index (χ1) is 7.18. The molecule has 0 bridgehead atoms. The van der Waals surface area contributed by atoms with Crippen LogP contribution in [0, 0.1) is 0 Å². The van der Waals surface area contributed by atoms with Gasteiger partial charge in [0.05, 0.1) is 0 Å². The van der Waals surface area contributed by atoms with Crippen LogP contribution in [0.1, 0.15) is 5.56 Å². The van der Waals surface area contributed by atoms with Crippen molar-refractivity contribution < 1.29 is 0 Å². The smallest absolute Gasteiger partial charge is 0.157 e. The van der Waals surface area contributed by atoms with Crippen LogP contribution in [0.4, 0.5) is 0 Å². The summed E-state index contributed by atoms with van der Waals surface area (Å²) in [6.45, 7) is 0. The van der Waals surface area contributed by atoms with Gasteiger partial charge in [0.1, 0.15) is 16.7 Å².